The Morgan fingerprint density at radius 3 is 2.92 bits per heavy atom. The molecule has 1 fully saturated rings. The number of carbonyl (C=O) groups is 1. The fraction of sp³-hybridized carbons (Fsp3) is 0.474. The van der Waals surface area contributed by atoms with Crippen LogP contribution >= 0.6 is 0 Å². The van der Waals surface area contributed by atoms with Crippen molar-refractivity contribution in [2.45, 2.75) is 32.9 Å². The number of carbonyl (C=O) groups excluding carboxylic acids is 1. The lowest BCUT2D eigenvalue weighted by Gasteiger charge is -2.22. The van der Waals surface area contributed by atoms with E-state index in [-0.39, 0.29) is 12.0 Å². The Labute approximate surface area is 148 Å². The number of rotatable bonds is 5. The molecule has 25 heavy (non-hydrogen) atoms. The minimum absolute atomic E-state index is 0.0778. The van der Waals surface area contributed by atoms with Gasteiger partial charge in [0.15, 0.2) is 0 Å². The molecule has 1 N–H and O–H groups in total. The fourth-order valence-electron chi connectivity index (χ4n) is 3.09. The predicted octanol–water partition coefficient (Wildman–Crippen LogP) is 2.55. The summed E-state index contributed by atoms with van der Waals surface area (Å²) in [6.07, 6.45) is 4.68. The van der Waals surface area contributed by atoms with Crippen LogP contribution < -0.4 is 4.74 Å². The number of nitrogens with zero attached hydrogens (tertiary/aromatic N) is 3. The Hall–Kier alpha value is -2.34. The zero-order valence-electron chi connectivity index (χ0n) is 14.9. The Kier molecular flexibility index (Phi) is 5.71. The summed E-state index contributed by atoms with van der Waals surface area (Å²) in [4.78, 5) is 24.5. The molecule has 2 aromatic rings. The first-order chi connectivity index (χ1) is 12.1. The maximum Gasteiger partial charge on any atom is 0.254 e. The quantitative estimate of drug-likeness (QED) is 0.907. The molecule has 6 nitrogen and oxygen atoms in total. The van der Waals surface area contributed by atoms with E-state index in [1.54, 1.807) is 6.20 Å². The van der Waals surface area contributed by atoms with Gasteiger partial charge in [-0.2, -0.15) is 0 Å². The van der Waals surface area contributed by atoms with Crippen LogP contribution in [-0.4, -0.2) is 58.0 Å². The third kappa shape index (κ3) is 4.82. The van der Waals surface area contributed by atoms with Crippen LogP contribution in [0.25, 0.3) is 0 Å². The van der Waals surface area contributed by atoms with Crippen LogP contribution in [-0.2, 0) is 6.54 Å². The molecule has 1 amide bonds. The number of imidazole rings is 1. The third-order valence-corrected chi connectivity index (χ3v) is 4.26. The first-order valence-corrected chi connectivity index (χ1v) is 8.88. The van der Waals surface area contributed by atoms with Crippen LogP contribution in [0.4, 0.5) is 0 Å². The van der Waals surface area contributed by atoms with Crippen molar-refractivity contribution >= 4 is 5.91 Å². The highest BCUT2D eigenvalue weighted by Gasteiger charge is 2.21. The van der Waals surface area contributed by atoms with Crippen LogP contribution in [0.3, 0.4) is 0 Å². The van der Waals surface area contributed by atoms with Crippen molar-refractivity contribution in [3.05, 3.63) is 48.0 Å². The monoisotopic (exact) mass is 342 g/mol. The van der Waals surface area contributed by atoms with E-state index in [0.29, 0.717) is 5.56 Å². The summed E-state index contributed by atoms with van der Waals surface area (Å²) >= 11 is 0. The van der Waals surface area contributed by atoms with Crippen molar-refractivity contribution in [1.29, 1.82) is 0 Å². The molecular formula is C19H26N4O2. The molecule has 1 aliphatic heterocycles. The number of hydrogen-bond donors (Lipinski definition) is 1. The van der Waals surface area contributed by atoms with Gasteiger partial charge < -0.3 is 14.6 Å². The summed E-state index contributed by atoms with van der Waals surface area (Å²) in [6, 6.07) is 7.48. The van der Waals surface area contributed by atoms with Gasteiger partial charge in [0, 0.05) is 44.1 Å². The van der Waals surface area contributed by atoms with Crippen LogP contribution in [0.15, 0.2) is 36.7 Å². The van der Waals surface area contributed by atoms with Gasteiger partial charge in [-0.3, -0.25) is 9.69 Å². The number of amides is 1. The number of aromatic nitrogens is 2. The largest absolute Gasteiger partial charge is 0.491 e. The highest BCUT2D eigenvalue weighted by molar-refractivity contribution is 5.94. The summed E-state index contributed by atoms with van der Waals surface area (Å²) in [7, 11) is 0. The van der Waals surface area contributed by atoms with Crippen molar-refractivity contribution < 1.29 is 9.53 Å². The van der Waals surface area contributed by atoms with E-state index in [2.05, 4.69) is 14.9 Å². The van der Waals surface area contributed by atoms with Crippen molar-refractivity contribution in [3.63, 3.8) is 0 Å². The molecule has 0 bridgehead atoms. The number of ether oxygens (including phenoxy) is 1. The highest BCUT2D eigenvalue weighted by atomic mass is 16.5. The summed E-state index contributed by atoms with van der Waals surface area (Å²) < 4.78 is 5.70. The molecule has 1 aliphatic rings. The SMILES string of the molecule is CC(C)Oc1cccc(C(=O)N2CCCN(Cc3ncc[nH]3)CC2)c1. The summed E-state index contributed by atoms with van der Waals surface area (Å²) in [5.41, 5.74) is 0.692. The van der Waals surface area contributed by atoms with Gasteiger partial charge in [0.2, 0.25) is 0 Å². The third-order valence-electron chi connectivity index (χ3n) is 4.26. The molecule has 3 rings (SSSR count). The van der Waals surface area contributed by atoms with Crippen molar-refractivity contribution in [3.8, 4) is 5.75 Å². The van der Waals surface area contributed by atoms with Crippen LogP contribution in [0, 0.1) is 0 Å². The molecule has 1 aromatic carbocycles. The molecule has 0 aliphatic carbocycles. The normalized spacial score (nSPS) is 16.0. The topological polar surface area (TPSA) is 61.5 Å². The first-order valence-electron chi connectivity index (χ1n) is 8.88. The molecule has 0 spiro atoms. The zero-order valence-corrected chi connectivity index (χ0v) is 14.9. The Morgan fingerprint density at radius 2 is 2.16 bits per heavy atom. The van der Waals surface area contributed by atoms with Crippen LogP contribution in [0.5, 0.6) is 5.75 Å². The zero-order chi connectivity index (χ0) is 17.6. The fourth-order valence-corrected chi connectivity index (χ4v) is 3.09. The number of H-pyrrole nitrogens is 1. The number of nitrogens with one attached hydrogen (secondary N) is 1. The van der Waals surface area contributed by atoms with Gasteiger partial charge in [-0.25, -0.2) is 4.98 Å². The van der Waals surface area contributed by atoms with E-state index in [1.165, 1.54) is 0 Å². The summed E-state index contributed by atoms with van der Waals surface area (Å²) in [5, 5.41) is 0. The average molecular weight is 342 g/mol. The first kappa shape index (κ1) is 17.5. The maximum atomic E-state index is 12.8. The van der Waals surface area contributed by atoms with E-state index < -0.39 is 0 Å². The summed E-state index contributed by atoms with van der Waals surface area (Å²) in [5.74, 6) is 1.79. The van der Waals surface area contributed by atoms with Crippen molar-refractivity contribution in [2.75, 3.05) is 26.2 Å². The van der Waals surface area contributed by atoms with E-state index in [4.69, 9.17) is 4.74 Å². The molecular weight excluding hydrogens is 316 g/mol. The van der Waals surface area contributed by atoms with Crippen molar-refractivity contribution in [2.24, 2.45) is 0 Å². The van der Waals surface area contributed by atoms with Gasteiger partial charge in [-0.15, -0.1) is 0 Å². The van der Waals surface area contributed by atoms with Gasteiger partial charge in [0.05, 0.1) is 12.6 Å². The van der Waals surface area contributed by atoms with E-state index in [9.17, 15) is 4.79 Å². The van der Waals surface area contributed by atoms with Gasteiger partial charge in [0.25, 0.3) is 5.91 Å². The lowest BCUT2D eigenvalue weighted by molar-refractivity contribution is 0.0760. The van der Waals surface area contributed by atoms with Gasteiger partial charge in [-0.1, -0.05) is 6.07 Å². The molecule has 1 saturated heterocycles. The second-order valence-electron chi connectivity index (χ2n) is 6.65. The molecule has 134 valence electrons. The second kappa shape index (κ2) is 8.16. The van der Waals surface area contributed by atoms with Crippen LogP contribution in [0.2, 0.25) is 0 Å². The number of benzene rings is 1. The summed E-state index contributed by atoms with van der Waals surface area (Å²) in [6.45, 7) is 8.10. The second-order valence-corrected chi connectivity index (χ2v) is 6.65. The molecule has 0 radical (unpaired) electrons. The van der Waals surface area contributed by atoms with Gasteiger partial charge >= 0.3 is 0 Å². The maximum absolute atomic E-state index is 12.8. The molecule has 6 heteroatoms. The van der Waals surface area contributed by atoms with Crippen LogP contribution in [0.1, 0.15) is 36.5 Å². The van der Waals surface area contributed by atoms with Crippen molar-refractivity contribution in [1.82, 2.24) is 19.8 Å². The Balaban J connectivity index is 1.61. The number of hydrogen-bond acceptors (Lipinski definition) is 4. The van der Waals surface area contributed by atoms with Gasteiger partial charge in [0.1, 0.15) is 11.6 Å². The predicted molar refractivity (Wildman–Crippen MR) is 96.6 cm³/mol. The average Bonchev–Trinajstić information content (AvgIpc) is 2.98. The molecule has 0 saturated carbocycles. The standard InChI is InChI=1S/C19H26N4O2/c1-15(2)25-17-6-3-5-16(13-17)19(24)23-10-4-9-22(11-12-23)14-18-20-7-8-21-18/h3,5-8,13,15H,4,9-12,14H2,1-2H3,(H,20,21). The lowest BCUT2D eigenvalue weighted by Crippen LogP contribution is -2.35. The van der Waals surface area contributed by atoms with E-state index in [0.717, 1.165) is 50.7 Å². The molecule has 0 unspecified atom stereocenters. The minimum Gasteiger partial charge on any atom is -0.491 e. The van der Waals surface area contributed by atoms with E-state index in [1.807, 2.05) is 49.2 Å². The lowest BCUT2D eigenvalue weighted by atomic mass is 10.2. The number of aromatic amines is 1. The Morgan fingerprint density at radius 1 is 1.28 bits per heavy atom. The molecule has 2 heterocycles. The molecule has 0 atom stereocenters. The Bertz CT molecular complexity index is 684. The minimum atomic E-state index is 0.0778. The molecule has 1 aromatic heterocycles. The highest BCUT2D eigenvalue weighted by Crippen LogP contribution is 2.17. The smallest absolute Gasteiger partial charge is 0.254 e. The van der Waals surface area contributed by atoms with Gasteiger partial charge in [-0.05, 0) is 38.5 Å². The van der Waals surface area contributed by atoms with E-state index >= 15 is 0 Å².